The summed E-state index contributed by atoms with van der Waals surface area (Å²) in [4.78, 5) is 23.9. The first-order valence-corrected chi connectivity index (χ1v) is 13.9. The summed E-state index contributed by atoms with van der Waals surface area (Å²) in [6.45, 7) is 7.49. The monoisotopic (exact) mass is 533 g/mol. The minimum Gasteiger partial charge on any atom is -0.497 e. The predicted molar refractivity (Wildman–Crippen MR) is 161 cm³/mol. The lowest BCUT2D eigenvalue weighted by Crippen LogP contribution is -2.47. The largest absolute Gasteiger partial charge is 0.497 e. The zero-order chi connectivity index (χ0) is 27.5. The molecule has 0 atom stereocenters. The lowest BCUT2D eigenvalue weighted by Gasteiger charge is -2.36. The average Bonchev–Trinajstić information content (AvgIpc) is 3.27. The Labute approximate surface area is 234 Å². The number of anilines is 1. The molecule has 0 unspecified atom stereocenters. The number of fused-ring (bicyclic) bond motifs is 1. The maximum absolute atomic E-state index is 14.1. The molecule has 204 valence electrons. The molecule has 3 aromatic carbocycles. The first-order chi connectivity index (χ1) is 19.6. The highest BCUT2D eigenvalue weighted by Crippen LogP contribution is 2.22. The Morgan fingerprint density at radius 1 is 0.825 bits per heavy atom. The number of benzene rings is 3. The molecule has 0 radical (unpaired) electrons. The summed E-state index contributed by atoms with van der Waals surface area (Å²) < 4.78 is 9.14. The van der Waals surface area contributed by atoms with Crippen LogP contribution in [0.4, 0.5) is 5.69 Å². The third kappa shape index (κ3) is 5.25. The number of aryl methyl sites for hydroxylation is 1. The molecular weight excluding hydrogens is 498 g/mol. The minimum atomic E-state index is -0.0221. The molecule has 6 rings (SSSR count). The van der Waals surface area contributed by atoms with Crippen LogP contribution >= 0.6 is 0 Å². The molecule has 0 N–H and O–H groups in total. The Balaban J connectivity index is 1.31. The fourth-order valence-electron chi connectivity index (χ4n) is 5.67. The maximum Gasteiger partial charge on any atom is 0.281 e. The third-order valence-electron chi connectivity index (χ3n) is 7.79. The molecule has 40 heavy (non-hydrogen) atoms. The molecule has 0 bridgehead atoms. The van der Waals surface area contributed by atoms with Crippen molar-refractivity contribution < 1.29 is 4.74 Å². The van der Waals surface area contributed by atoms with Crippen molar-refractivity contribution in [1.29, 1.82) is 0 Å². The molecule has 0 aliphatic carbocycles. The Morgan fingerprint density at radius 3 is 2.12 bits per heavy atom. The van der Waals surface area contributed by atoms with Crippen molar-refractivity contribution >= 4 is 16.7 Å². The number of aromatic nitrogens is 3. The van der Waals surface area contributed by atoms with E-state index >= 15 is 0 Å². The van der Waals surface area contributed by atoms with Crippen LogP contribution < -0.4 is 15.2 Å². The van der Waals surface area contributed by atoms with Gasteiger partial charge in [0.2, 0.25) is 0 Å². The van der Waals surface area contributed by atoms with Gasteiger partial charge >= 0.3 is 0 Å². The summed E-state index contributed by atoms with van der Waals surface area (Å²) in [7, 11) is 1.67. The van der Waals surface area contributed by atoms with E-state index in [0.717, 1.165) is 73.0 Å². The highest BCUT2D eigenvalue weighted by molar-refractivity contribution is 5.80. The van der Waals surface area contributed by atoms with E-state index in [-0.39, 0.29) is 5.56 Å². The normalized spacial score (nSPS) is 14.1. The van der Waals surface area contributed by atoms with E-state index in [4.69, 9.17) is 9.72 Å². The standard InChI is InChI=1S/C33H35N5O2/c1-25-23-27(17-18-35-19-21-36(22-20-35)28-9-5-3-6-10-28)31-32(34-25)37(24-26-13-15-30(40-2)16-14-26)38(33(31)39)29-11-7-4-8-12-29/h3-16,23H,17-22,24H2,1-2H3. The SMILES string of the molecule is COc1ccc(Cn2c3nc(C)cc(CCN4CCN(c5ccccc5)CC4)c3c(=O)n2-c2ccccc2)cc1. The first-order valence-electron chi connectivity index (χ1n) is 13.9. The van der Waals surface area contributed by atoms with Gasteiger partial charge in [-0.25, -0.2) is 9.67 Å². The van der Waals surface area contributed by atoms with Crippen LogP contribution in [0.5, 0.6) is 5.75 Å². The third-order valence-corrected chi connectivity index (χ3v) is 7.79. The highest BCUT2D eigenvalue weighted by atomic mass is 16.5. The van der Waals surface area contributed by atoms with Crippen molar-refractivity contribution in [2.45, 2.75) is 19.9 Å². The number of para-hydroxylation sites is 2. The lowest BCUT2D eigenvalue weighted by atomic mass is 10.1. The van der Waals surface area contributed by atoms with Gasteiger partial charge in [-0.15, -0.1) is 0 Å². The Morgan fingerprint density at radius 2 is 1.48 bits per heavy atom. The molecule has 0 saturated carbocycles. The molecule has 0 amide bonds. The number of hydrogen-bond donors (Lipinski definition) is 0. The van der Waals surface area contributed by atoms with Crippen LogP contribution in [-0.2, 0) is 13.0 Å². The molecule has 1 saturated heterocycles. The van der Waals surface area contributed by atoms with Gasteiger partial charge in [0.15, 0.2) is 5.65 Å². The average molecular weight is 534 g/mol. The van der Waals surface area contributed by atoms with Gasteiger partial charge in [-0.1, -0.05) is 48.5 Å². The second-order valence-electron chi connectivity index (χ2n) is 10.4. The number of nitrogens with zero attached hydrogens (tertiary/aromatic N) is 5. The van der Waals surface area contributed by atoms with Gasteiger partial charge in [-0.2, -0.15) is 0 Å². The summed E-state index contributed by atoms with van der Waals surface area (Å²) in [5, 5.41) is 0.714. The number of methoxy groups -OCH3 is 1. The van der Waals surface area contributed by atoms with E-state index in [9.17, 15) is 4.79 Å². The maximum atomic E-state index is 14.1. The highest BCUT2D eigenvalue weighted by Gasteiger charge is 2.22. The van der Waals surface area contributed by atoms with Crippen LogP contribution in [0.25, 0.3) is 16.7 Å². The molecule has 7 nitrogen and oxygen atoms in total. The van der Waals surface area contributed by atoms with Crippen molar-refractivity contribution in [3.8, 4) is 11.4 Å². The van der Waals surface area contributed by atoms with Crippen molar-refractivity contribution in [2.24, 2.45) is 0 Å². The van der Waals surface area contributed by atoms with Gasteiger partial charge in [-0.3, -0.25) is 14.4 Å². The Hall–Kier alpha value is -4.36. The van der Waals surface area contributed by atoms with Gasteiger partial charge in [0.25, 0.3) is 5.56 Å². The molecule has 1 aliphatic heterocycles. The van der Waals surface area contributed by atoms with Crippen LogP contribution in [0.2, 0.25) is 0 Å². The van der Waals surface area contributed by atoms with Crippen LogP contribution in [0.1, 0.15) is 16.8 Å². The van der Waals surface area contributed by atoms with Gasteiger partial charge in [0.1, 0.15) is 5.75 Å². The topological polar surface area (TPSA) is 55.5 Å². The summed E-state index contributed by atoms with van der Waals surface area (Å²) in [5.74, 6) is 0.808. The van der Waals surface area contributed by atoms with Crippen LogP contribution in [0, 0.1) is 6.92 Å². The summed E-state index contributed by atoms with van der Waals surface area (Å²) >= 11 is 0. The van der Waals surface area contributed by atoms with E-state index in [2.05, 4.69) is 46.2 Å². The molecular formula is C33H35N5O2. The van der Waals surface area contributed by atoms with E-state index in [1.807, 2.05) is 66.2 Å². The molecule has 1 aliphatic rings. The molecule has 2 aromatic heterocycles. The number of pyridine rings is 1. The molecule has 5 aromatic rings. The van der Waals surface area contributed by atoms with Crippen LogP contribution in [0.3, 0.4) is 0 Å². The summed E-state index contributed by atoms with van der Waals surface area (Å²) in [5.41, 5.74) is 5.89. The molecule has 0 spiro atoms. The molecule has 1 fully saturated rings. The van der Waals surface area contributed by atoms with E-state index < -0.39 is 0 Å². The van der Waals surface area contributed by atoms with Gasteiger partial charge in [0, 0.05) is 44.1 Å². The minimum absolute atomic E-state index is 0.0221. The smallest absolute Gasteiger partial charge is 0.281 e. The second-order valence-corrected chi connectivity index (χ2v) is 10.4. The second kappa shape index (κ2) is 11.4. The van der Waals surface area contributed by atoms with Crippen molar-refractivity contribution in [3.05, 3.63) is 118 Å². The van der Waals surface area contributed by atoms with Gasteiger partial charge < -0.3 is 9.64 Å². The zero-order valence-corrected chi connectivity index (χ0v) is 23.2. The van der Waals surface area contributed by atoms with Crippen molar-refractivity contribution in [1.82, 2.24) is 19.2 Å². The molecule has 3 heterocycles. The quantitative estimate of drug-likeness (QED) is 0.284. The Kier molecular flexibility index (Phi) is 7.38. The fourth-order valence-corrected chi connectivity index (χ4v) is 5.67. The first kappa shape index (κ1) is 25.9. The number of rotatable bonds is 8. The zero-order valence-electron chi connectivity index (χ0n) is 23.2. The number of piperazine rings is 1. The van der Waals surface area contributed by atoms with Crippen LogP contribution in [0.15, 0.2) is 95.8 Å². The number of ether oxygens (including phenoxy) is 1. The lowest BCUT2D eigenvalue weighted by molar-refractivity contribution is 0.261. The van der Waals surface area contributed by atoms with E-state index in [0.29, 0.717) is 11.9 Å². The van der Waals surface area contributed by atoms with Gasteiger partial charge in [-0.05, 0) is 66.9 Å². The van der Waals surface area contributed by atoms with E-state index in [1.54, 1.807) is 11.8 Å². The summed E-state index contributed by atoms with van der Waals surface area (Å²) in [6, 6.07) is 30.5. The summed E-state index contributed by atoms with van der Waals surface area (Å²) in [6.07, 6.45) is 0.807. The predicted octanol–water partition coefficient (Wildman–Crippen LogP) is 4.92. The molecule has 7 heteroatoms. The van der Waals surface area contributed by atoms with Gasteiger partial charge in [0.05, 0.1) is 24.7 Å². The van der Waals surface area contributed by atoms with Crippen molar-refractivity contribution in [2.75, 3.05) is 44.7 Å². The Bertz CT molecular complexity index is 1630. The van der Waals surface area contributed by atoms with Crippen molar-refractivity contribution in [3.63, 3.8) is 0 Å². The fraction of sp³-hybridized carbons (Fsp3) is 0.273. The number of hydrogen-bond acceptors (Lipinski definition) is 5. The van der Waals surface area contributed by atoms with E-state index in [1.165, 1.54) is 5.69 Å². The van der Waals surface area contributed by atoms with Crippen LogP contribution in [-0.4, -0.2) is 59.1 Å².